The average Bonchev–Trinajstić information content (AvgIpc) is 2.91. The maximum Gasteiger partial charge on any atom is 0.410 e. The highest BCUT2D eigenvalue weighted by molar-refractivity contribution is 14.0. The normalized spacial score (nSPS) is 19.9. The molecule has 0 aliphatic carbocycles. The Kier molecular flexibility index (Phi) is 9.11. The lowest BCUT2D eigenvalue weighted by Gasteiger charge is -2.39. The molecule has 0 aromatic heterocycles. The quantitative estimate of drug-likeness (QED) is 0.595. The Labute approximate surface area is 181 Å². The van der Waals surface area contributed by atoms with Crippen LogP contribution in [0.15, 0.2) is 4.99 Å². The number of carbonyl (C=O) groups excluding carboxylic acids is 1. The fourth-order valence-corrected chi connectivity index (χ4v) is 3.63. The summed E-state index contributed by atoms with van der Waals surface area (Å²) in [6.45, 7) is 19.4. The molecule has 0 spiro atoms. The van der Waals surface area contributed by atoms with Crippen molar-refractivity contribution in [3.05, 3.63) is 0 Å². The lowest BCUT2D eigenvalue weighted by molar-refractivity contribution is 0.0137. The molecule has 1 N–H and O–H groups in total. The van der Waals surface area contributed by atoms with Gasteiger partial charge in [-0.3, -0.25) is 9.89 Å². The minimum absolute atomic E-state index is 0. The Morgan fingerprint density at radius 3 is 2.44 bits per heavy atom. The Balaban J connectivity index is 0.00000364. The molecule has 0 aromatic rings. The number of piperazine rings is 1. The number of hydrogen-bond acceptors (Lipinski definition) is 6. The van der Waals surface area contributed by atoms with Gasteiger partial charge in [-0.15, -0.1) is 24.0 Å². The monoisotopic (exact) mass is 495 g/mol. The van der Waals surface area contributed by atoms with Gasteiger partial charge in [0.05, 0.1) is 12.6 Å². The van der Waals surface area contributed by atoms with Crippen molar-refractivity contribution >= 4 is 36.0 Å². The van der Waals surface area contributed by atoms with Crippen LogP contribution in [0.3, 0.4) is 0 Å². The van der Waals surface area contributed by atoms with Crippen molar-refractivity contribution in [3.8, 4) is 0 Å². The minimum atomic E-state index is -0.453. The number of ether oxygens (including phenoxy) is 1. The number of rotatable bonds is 5. The van der Waals surface area contributed by atoms with Crippen LogP contribution >= 0.6 is 24.0 Å². The minimum Gasteiger partial charge on any atom is -0.444 e. The number of carbonyl (C=O) groups is 1. The molecule has 0 saturated carbocycles. The summed E-state index contributed by atoms with van der Waals surface area (Å²) in [5.41, 5.74) is -0.453. The second-order valence-corrected chi connectivity index (χ2v) is 8.79. The van der Waals surface area contributed by atoms with Gasteiger partial charge in [0, 0.05) is 44.8 Å². The topological polar surface area (TPSA) is 60.4 Å². The molecule has 27 heavy (non-hydrogen) atoms. The zero-order chi connectivity index (χ0) is 19.5. The van der Waals surface area contributed by atoms with E-state index in [1.807, 2.05) is 25.7 Å². The van der Waals surface area contributed by atoms with Crippen molar-refractivity contribution in [2.75, 3.05) is 39.3 Å². The first kappa shape index (κ1) is 24.3. The molecule has 0 aromatic carbocycles. The third-order valence-electron chi connectivity index (χ3n) is 4.84. The molecule has 8 heteroatoms. The summed E-state index contributed by atoms with van der Waals surface area (Å²) in [5, 5.41) is 3.50. The SMILES string of the molecule is CC(C)N(CCNC1=NCC2CN(C(=O)OC(C)(C)C)CCN12)C(C)C.I. The van der Waals surface area contributed by atoms with Crippen LogP contribution in [0, 0.1) is 0 Å². The molecule has 0 bridgehead atoms. The lowest BCUT2D eigenvalue weighted by atomic mass is 10.2. The molecule has 1 atom stereocenters. The Bertz CT molecular complexity index is 511. The molecule has 2 rings (SSSR count). The van der Waals surface area contributed by atoms with E-state index in [-0.39, 0.29) is 36.1 Å². The number of hydrogen-bond donors (Lipinski definition) is 1. The highest BCUT2D eigenvalue weighted by Crippen LogP contribution is 2.18. The summed E-state index contributed by atoms with van der Waals surface area (Å²) in [6, 6.07) is 1.32. The van der Waals surface area contributed by atoms with Crippen molar-refractivity contribution in [3.63, 3.8) is 0 Å². The summed E-state index contributed by atoms with van der Waals surface area (Å²) in [6.07, 6.45) is -0.219. The van der Waals surface area contributed by atoms with Crippen molar-refractivity contribution in [1.82, 2.24) is 20.0 Å². The van der Waals surface area contributed by atoms with E-state index < -0.39 is 5.60 Å². The van der Waals surface area contributed by atoms with E-state index in [0.29, 0.717) is 25.2 Å². The summed E-state index contributed by atoms with van der Waals surface area (Å²) in [7, 11) is 0. The molecule has 7 nitrogen and oxygen atoms in total. The molecule has 2 heterocycles. The number of nitrogens with zero attached hydrogens (tertiary/aromatic N) is 4. The number of fused-ring (bicyclic) bond motifs is 1. The fourth-order valence-electron chi connectivity index (χ4n) is 3.63. The van der Waals surface area contributed by atoms with E-state index in [4.69, 9.17) is 4.74 Å². The number of halogens is 1. The number of amides is 1. The summed E-state index contributed by atoms with van der Waals surface area (Å²) in [4.78, 5) is 23.5. The van der Waals surface area contributed by atoms with Gasteiger partial charge < -0.3 is 19.9 Å². The molecule has 0 radical (unpaired) electrons. The first-order chi connectivity index (χ1) is 12.1. The molecular weight excluding hydrogens is 457 g/mol. The highest BCUT2D eigenvalue weighted by Gasteiger charge is 2.36. The van der Waals surface area contributed by atoms with Crippen LogP contribution in [0.4, 0.5) is 4.79 Å². The smallest absolute Gasteiger partial charge is 0.410 e. The Hall–Kier alpha value is -0.770. The van der Waals surface area contributed by atoms with Gasteiger partial charge in [-0.25, -0.2) is 4.79 Å². The van der Waals surface area contributed by atoms with Gasteiger partial charge in [0.1, 0.15) is 5.60 Å². The summed E-state index contributed by atoms with van der Waals surface area (Å²) in [5.74, 6) is 0.978. The highest BCUT2D eigenvalue weighted by atomic mass is 127. The maximum atomic E-state index is 12.3. The summed E-state index contributed by atoms with van der Waals surface area (Å²) >= 11 is 0. The number of aliphatic imine (C=N–C) groups is 1. The zero-order valence-corrected chi connectivity index (χ0v) is 20.3. The molecule has 2 aliphatic heterocycles. The van der Waals surface area contributed by atoms with Crippen molar-refractivity contribution in [2.24, 2.45) is 4.99 Å². The molecule has 158 valence electrons. The number of nitrogens with one attached hydrogen (secondary N) is 1. The van der Waals surface area contributed by atoms with E-state index in [2.05, 4.69) is 47.8 Å². The molecule has 1 unspecified atom stereocenters. The van der Waals surface area contributed by atoms with E-state index in [1.54, 1.807) is 0 Å². The Morgan fingerprint density at radius 2 is 1.89 bits per heavy atom. The molecule has 2 aliphatic rings. The van der Waals surface area contributed by atoms with Gasteiger partial charge in [0.2, 0.25) is 0 Å². The second-order valence-electron chi connectivity index (χ2n) is 8.79. The fraction of sp³-hybridized carbons (Fsp3) is 0.895. The predicted molar refractivity (Wildman–Crippen MR) is 121 cm³/mol. The van der Waals surface area contributed by atoms with Crippen LogP contribution in [0.2, 0.25) is 0 Å². The van der Waals surface area contributed by atoms with E-state index >= 15 is 0 Å². The predicted octanol–water partition coefficient (Wildman–Crippen LogP) is 2.60. The third kappa shape index (κ3) is 6.96. The van der Waals surface area contributed by atoms with E-state index in [9.17, 15) is 4.79 Å². The average molecular weight is 495 g/mol. The first-order valence-corrected chi connectivity index (χ1v) is 9.87. The van der Waals surface area contributed by atoms with Gasteiger partial charge in [-0.05, 0) is 48.5 Å². The van der Waals surface area contributed by atoms with Crippen LogP contribution < -0.4 is 5.32 Å². The largest absolute Gasteiger partial charge is 0.444 e. The van der Waals surface area contributed by atoms with Crippen LogP contribution in [0.5, 0.6) is 0 Å². The standard InChI is InChI=1S/C19H37N5O2.HI/c1-14(2)23(15(3)4)9-8-20-17-21-12-16-13-22(10-11-24(16)17)18(25)26-19(5,6)7;/h14-16H,8-13H2,1-7H3,(H,20,21);1H. The van der Waals surface area contributed by atoms with Gasteiger partial charge in [0.15, 0.2) is 5.96 Å². The van der Waals surface area contributed by atoms with Gasteiger partial charge >= 0.3 is 6.09 Å². The van der Waals surface area contributed by atoms with Crippen molar-refractivity contribution < 1.29 is 9.53 Å². The maximum absolute atomic E-state index is 12.3. The molecule has 1 saturated heterocycles. The van der Waals surface area contributed by atoms with Gasteiger partial charge in [-0.2, -0.15) is 0 Å². The van der Waals surface area contributed by atoms with Crippen LogP contribution in [-0.2, 0) is 4.74 Å². The van der Waals surface area contributed by atoms with Gasteiger partial charge in [0.25, 0.3) is 0 Å². The molecule has 1 fully saturated rings. The van der Waals surface area contributed by atoms with E-state index in [0.717, 1.165) is 32.1 Å². The van der Waals surface area contributed by atoms with E-state index in [1.165, 1.54) is 0 Å². The second kappa shape index (κ2) is 10.1. The van der Waals surface area contributed by atoms with Crippen LogP contribution in [-0.4, -0.2) is 89.7 Å². The van der Waals surface area contributed by atoms with Crippen molar-refractivity contribution in [2.45, 2.75) is 72.2 Å². The lowest BCUT2D eigenvalue weighted by Crippen LogP contribution is -2.58. The Morgan fingerprint density at radius 1 is 1.26 bits per heavy atom. The van der Waals surface area contributed by atoms with Crippen LogP contribution in [0.1, 0.15) is 48.5 Å². The summed E-state index contributed by atoms with van der Waals surface area (Å²) < 4.78 is 5.50. The zero-order valence-electron chi connectivity index (χ0n) is 18.0. The van der Waals surface area contributed by atoms with Crippen molar-refractivity contribution in [1.29, 1.82) is 0 Å². The first-order valence-electron chi connectivity index (χ1n) is 9.87. The molecule has 1 amide bonds. The number of guanidine groups is 1. The molecular formula is C19H38IN5O2. The van der Waals surface area contributed by atoms with Gasteiger partial charge in [-0.1, -0.05) is 0 Å². The third-order valence-corrected chi connectivity index (χ3v) is 4.84. The van der Waals surface area contributed by atoms with Crippen LogP contribution in [0.25, 0.3) is 0 Å².